The molecule has 0 amide bonds. The number of nitrogens with zero attached hydrogens (tertiary/aromatic N) is 2. The van der Waals surface area contributed by atoms with E-state index in [-0.39, 0.29) is 5.82 Å². The molecule has 0 saturated heterocycles. The lowest BCUT2D eigenvalue weighted by Crippen LogP contribution is -2.15. The molecule has 2 nitrogen and oxygen atoms in total. The van der Waals surface area contributed by atoms with Crippen LogP contribution in [-0.2, 0) is 5.88 Å². The van der Waals surface area contributed by atoms with Gasteiger partial charge in [0.25, 0.3) is 0 Å². The van der Waals surface area contributed by atoms with Crippen molar-refractivity contribution in [1.29, 1.82) is 0 Å². The lowest BCUT2D eigenvalue weighted by Gasteiger charge is -2.19. The summed E-state index contributed by atoms with van der Waals surface area (Å²) in [6.07, 6.45) is 0. The van der Waals surface area contributed by atoms with Crippen LogP contribution >= 0.6 is 34.5 Å². The van der Waals surface area contributed by atoms with Crippen LogP contribution in [0.15, 0.2) is 24.3 Å². The Labute approximate surface area is 119 Å². The fraction of sp³-hybridized carbons (Fsp3) is 0.250. The smallest absolute Gasteiger partial charge is 0.191 e. The van der Waals surface area contributed by atoms with Gasteiger partial charge in [-0.1, -0.05) is 29.0 Å². The van der Waals surface area contributed by atoms with Crippen molar-refractivity contribution in [3.05, 3.63) is 40.1 Å². The Morgan fingerprint density at radius 2 is 2.22 bits per heavy atom. The van der Waals surface area contributed by atoms with E-state index in [9.17, 15) is 4.39 Å². The van der Waals surface area contributed by atoms with Gasteiger partial charge in [0.2, 0.25) is 0 Å². The summed E-state index contributed by atoms with van der Waals surface area (Å²) in [5.74, 6) is 0.0585. The van der Waals surface area contributed by atoms with Gasteiger partial charge in [-0.3, -0.25) is 0 Å². The minimum absolute atomic E-state index is 0.272. The third kappa shape index (κ3) is 2.76. The fourth-order valence-corrected chi connectivity index (χ4v) is 3.15. The number of alkyl halides is 1. The van der Waals surface area contributed by atoms with Crippen LogP contribution in [0.5, 0.6) is 0 Å². The quantitative estimate of drug-likeness (QED) is 0.752. The summed E-state index contributed by atoms with van der Waals surface area (Å²) in [4.78, 5) is 6.98. The highest BCUT2D eigenvalue weighted by atomic mass is 35.5. The van der Waals surface area contributed by atoms with Crippen molar-refractivity contribution in [3.8, 4) is 0 Å². The molecule has 0 fully saturated rings. The molecule has 0 aliphatic rings. The largest absolute Gasteiger partial charge is 0.318 e. The highest BCUT2D eigenvalue weighted by Crippen LogP contribution is 2.34. The lowest BCUT2D eigenvalue weighted by atomic mass is 10.3. The van der Waals surface area contributed by atoms with Crippen LogP contribution < -0.4 is 4.90 Å². The van der Waals surface area contributed by atoms with Gasteiger partial charge in [0, 0.05) is 12.2 Å². The predicted molar refractivity (Wildman–Crippen MR) is 75.8 cm³/mol. The van der Waals surface area contributed by atoms with Gasteiger partial charge in [0.05, 0.1) is 10.8 Å². The number of thiazole rings is 1. The lowest BCUT2D eigenvalue weighted by molar-refractivity contribution is 0.627. The maximum Gasteiger partial charge on any atom is 0.191 e. The third-order valence-electron chi connectivity index (χ3n) is 2.43. The molecular formula is C12H11Cl2FN2S. The monoisotopic (exact) mass is 304 g/mol. The van der Waals surface area contributed by atoms with E-state index in [2.05, 4.69) is 4.98 Å². The highest BCUT2D eigenvalue weighted by molar-refractivity contribution is 7.16. The van der Waals surface area contributed by atoms with Crippen LogP contribution in [0.2, 0.25) is 5.15 Å². The Hall–Kier alpha value is -0.840. The van der Waals surface area contributed by atoms with Crippen LogP contribution in [0.25, 0.3) is 0 Å². The normalized spacial score (nSPS) is 10.7. The van der Waals surface area contributed by atoms with Crippen molar-refractivity contribution in [2.75, 3.05) is 11.4 Å². The molecule has 0 aliphatic heterocycles. The predicted octanol–water partition coefficient (Wildman–Crippen LogP) is 4.83. The number of hydrogen-bond donors (Lipinski definition) is 0. The highest BCUT2D eigenvalue weighted by Gasteiger charge is 2.15. The number of halogens is 3. The Bertz CT molecular complexity index is 545. The average Bonchev–Trinajstić information content (AvgIpc) is 2.71. The standard InChI is InChI=1S/C12H11Cl2FN2S/c1-2-17(9-5-3-4-8(15)6-9)12-16-11(14)10(7-13)18-12/h3-6H,2,7H2,1H3. The molecule has 0 aliphatic carbocycles. The molecule has 1 aromatic heterocycles. The van der Waals surface area contributed by atoms with Gasteiger partial charge in [-0.2, -0.15) is 0 Å². The van der Waals surface area contributed by atoms with Gasteiger partial charge < -0.3 is 4.90 Å². The second-order valence-corrected chi connectivity index (χ2v) is 5.26. The molecule has 1 aromatic carbocycles. The van der Waals surface area contributed by atoms with Gasteiger partial charge in [0.1, 0.15) is 11.0 Å². The molecule has 0 bridgehead atoms. The molecule has 2 aromatic rings. The third-order valence-corrected chi connectivity index (χ3v) is 4.36. The van der Waals surface area contributed by atoms with Crippen molar-refractivity contribution in [2.24, 2.45) is 0 Å². The summed E-state index contributed by atoms with van der Waals surface area (Å²) in [7, 11) is 0. The van der Waals surface area contributed by atoms with Crippen LogP contribution in [-0.4, -0.2) is 11.5 Å². The number of hydrogen-bond acceptors (Lipinski definition) is 3. The number of rotatable bonds is 4. The molecule has 0 saturated carbocycles. The van der Waals surface area contributed by atoms with Crippen molar-refractivity contribution < 1.29 is 4.39 Å². The van der Waals surface area contributed by atoms with E-state index >= 15 is 0 Å². The topological polar surface area (TPSA) is 16.1 Å². The minimum atomic E-state index is -0.272. The molecule has 96 valence electrons. The average molecular weight is 305 g/mol. The van der Waals surface area contributed by atoms with Gasteiger partial charge >= 0.3 is 0 Å². The van der Waals surface area contributed by atoms with Gasteiger partial charge in [0.15, 0.2) is 5.13 Å². The molecular weight excluding hydrogens is 294 g/mol. The fourth-order valence-electron chi connectivity index (χ4n) is 1.59. The number of benzene rings is 1. The summed E-state index contributed by atoms with van der Waals surface area (Å²) in [5.41, 5.74) is 0.754. The van der Waals surface area contributed by atoms with E-state index in [4.69, 9.17) is 23.2 Å². The van der Waals surface area contributed by atoms with Crippen LogP contribution in [0.4, 0.5) is 15.2 Å². The second-order valence-electron chi connectivity index (χ2n) is 3.57. The zero-order valence-corrected chi connectivity index (χ0v) is 12.0. The Morgan fingerprint density at radius 1 is 1.44 bits per heavy atom. The molecule has 0 atom stereocenters. The van der Waals surface area contributed by atoms with Crippen LogP contribution in [0, 0.1) is 5.82 Å². The number of aromatic nitrogens is 1. The summed E-state index contributed by atoms with van der Waals surface area (Å²) in [6, 6.07) is 6.39. The van der Waals surface area contributed by atoms with Crippen LogP contribution in [0.3, 0.4) is 0 Å². The van der Waals surface area contributed by atoms with Crippen molar-refractivity contribution in [2.45, 2.75) is 12.8 Å². The summed E-state index contributed by atoms with van der Waals surface area (Å²) in [6.45, 7) is 2.65. The van der Waals surface area contributed by atoms with E-state index in [1.54, 1.807) is 6.07 Å². The van der Waals surface area contributed by atoms with Gasteiger partial charge in [-0.05, 0) is 25.1 Å². The Balaban J connectivity index is 2.38. The van der Waals surface area contributed by atoms with Crippen molar-refractivity contribution in [3.63, 3.8) is 0 Å². The zero-order valence-electron chi connectivity index (χ0n) is 9.66. The first-order valence-electron chi connectivity index (χ1n) is 5.40. The molecule has 1 heterocycles. The number of anilines is 2. The molecule has 18 heavy (non-hydrogen) atoms. The summed E-state index contributed by atoms with van der Waals surface area (Å²) < 4.78 is 13.2. The first-order valence-corrected chi connectivity index (χ1v) is 7.13. The SMILES string of the molecule is CCN(c1cccc(F)c1)c1nc(Cl)c(CCl)s1. The van der Waals surface area contributed by atoms with E-state index < -0.39 is 0 Å². The van der Waals surface area contributed by atoms with Gasteiger partial charge in [-0.25, -0.2) is 9.37 Å². The maximum atomic E-state index is 13.2. The van der Waals surface area contributed by atoms with Crippen molar-refractivity contribution in [1.82, 2.24) is 4.98 Å². The second kappa shape index (κ2) is 5.87. The maximum absolute atomic E-state index is 13.2. The summed E-state index contributed by atoms with van der Waals surface area (Å²) >= 11 is 13.2. The van der Waals surface area contributed by atoms with E-state index in [1.165, 1.54) is 23.5 Å². The first kappa shape index (κ1) is 13.6. The van der Waals surface area contributed by atoms with E-state index in [0.29, 0.717) is 17.6 Å². The molecule has 2 rings (SSSR count). The molecule has 0 unspecified atom stereocenters. The Morgan fingerprint density at radius 3 is 2.78 bits per heavy atom. The van der Waals surface area contributed by atoms with Crippen LogP contribution in [0.1, 0.15) is 11.8 Å². The molecule has 6 heteroatoms. The van der Waals surface area contributed by atoms with Gasteiger partial charge in [-0.15, -0.1) is 11.6 Å². The molecule has 0 radical (unpaired) electrons. The zero-order chi connectivity index (χ0) is 13.1. The minimum Gasteiger partial charge on any atom is -0.318 e. The summed E-state index contributed by atoms with van der Waals surface area (Å²) in [5, 5.41) is 1.14. The van der Waals surface area contributed by atoms with Crippen molar-refractivity contribution >= 4 is 45.4 Å². The molecule has 0 spiro atoms. The Kier molecular flexibility index (Phi) is 4.43. The van der Waals surface area contributed by atoms with E-state index in [1.807, 2.05) is 17.9 Å². The molecule has 0 N–H and O–H groups in total. The van der Waals surface area contributed by atoms with E-state index in [0.717, 1.165) is 15.7 Å². The first-order chi connectivity index (χ1) is 8.65.